The van der Waals surface area contributed by atoms with Gasteiger partial charge in [-0.2, -0.15) is 5.10 Å². The Balaban J connectivity index is 1.86. The fourth-order valence-electron chi connectivity index (χ4n) is 2.95. The van der Waals surface area contributed by atoms with Gasteiger partial charge in [0.15, 0.2) is 0 Å². The second-order valence-corrected chi connectivity index (χ2v) is 6.98. The van der Waals surface area contributed by atoms with Crippen LogP contribution < -0.4 is 10.9 Å². The van der Waals surface area contributed by atoms with Crippen molar-refractivity contribution in [3.8, 4) is 11.3 Å². The highest BCUT2D eigenvalue weighted by atomic mass is 19.1. The molecule has 0 unspecified atom stereocenters. The molecule has 3 aromatic rings. The standard InChI is InChI=1S/C22H22FN3O2/c1-13-5-6-17(11-19(13)23)24-21(27)12-26-22(28)8-7-20(25-26)18-10-15(3)14(2)9-16(18)4/h5-11H,12H2,1-4H3,(H,24,27). The smallest absolute Gasteiger partial charge is 0.267 e. The number of carbonyl (C=O) groups excluding carboxylic acids is 1. The Kier molecular flexibility index (Phi) is 5.40. The maximum absolute atomic E-state index is 13.6. The summed E-state index contributed by atoms with van der Waals surface area (Å²) in [5, 5.41) is 6.95. The third-order valence-corrected chi connectivity index (χ3v) is 4.73. The number of hydrogen-bond donors (Lipinski definition) is 1. The highest BCUT2D eigenvalue weighted by molar-refractivity contribution is 5.90. The van der Waals surface area contributed by atoms with E-state index in [9.17, 15) is 14.0 Å². The van der Waals surface area contributed by atoms with Crippen molar-refractivity contribution in [3.63, 3.8) is 0 Å². The highest BCUT2D eigenvalue weighted by Gasteiger charge is 2.11. The van der Waals surface area contributed by atoms with Crippen LogP contribution in [-0.2, 0) is 11.3 Å². The number of amides is 1. The largest absolute Gasteiger partial charge is 0.324 e. The van der Waals surface area contributed by atoms with E-state index in [4.69, 9.17) is 0 Å². The molecule has 0 fully saturated rings. The average Bonchev–Trinajstić information content (AvgIpc) is 2.63. The zero-order valence-corrected chi connectivity index (χ0v) is 16.3. The second kappa shape index (κ2) is 7.76. The van der Waals surface area contributed by atoms with Gasteiger partial charge in [0.25, 0.3) is 5.56 Å². The summed E-state index contributed by atoms with van der Waals surface area (Å²) in [4.78, 5) is 24.5. The van der Waals surface area contributed by atoms with Gasteiger partial charge < -0.3 is 5.32 Å². The molecule has 1 amide bonds. The fraction of sp³-hybridized carbons (Fsp3) is 0.227. The fourth-order valence-corrected chi connectivity index (χ4v) is 2.95. The number of anilines is 1. The summed E-state index contributed by atoms with van der Waals surface area (Å²) in [6.07, 6.45) is 0. The van der Waals surface area contributed by atoms with Crippen LogP contribution in [0.1, 0.15) is 22.3 Å². The summed E-state index contributed by atoms with van der Waals surface area (Å²) in [5.41, 5.74) is 5.33. The molecule has 0 aliphatic carbocycles. The van der Waals surface area contributed by atoms with Crippen LogP contribution in [0, 0.1) is 33.5 Å². The quantitative estimate of drug-likeness (QED) is 0.747. The third-order valence-electron chi connectivity index (χ3n) is 4.73. The van der Waals surface area contributed by atoms with Crippen LogP contribution in [-0.4, -0.2) is 15.7 Å². The third kappa shape index (κ3) is 4.17. The van der Waals surface area contributed by atoms with Gasteiger partial charge in [-0.05, 0) is 74.2 Å². The number of nitrogens with one attached hydrogen (secondary N) is 1. The first-order chi connectivity index (χ1) is 13.2. The van der Waals surface area contributed by atoms with Gasteiger partial charge in [0, 0.05) is 17.3 Å². The minimum atomic E-state index is -0.452. The maximum atomic E-state index is 13.6. The number of halogens is 1. The van der Waals surface area contributed by atoms with Crippen LogP contribution in [0.2, 0.25) is 0 Å². The van der Waals surface area contributed by atoms with E-state index in [1.165, 1.54) is 17.7 Å². The molecular formula is C22H22FN3O2. The van der Waals surface area contributed by atoms with E-state index in [-0.39, 0.29) is 12.1 Å². The Morgan fingerprint density at radius 2 is 1.68 bits per heavy atom. The molecule has 6 heteroatoms. The molecule has 1 N–H and O–H groups in total. The van der Waals surface area contributed by atoms with E-state index in [1.807, 2.05) is 26.8 Å². The number of hydrogen-bond acceptors (Lipinski definition) is 3. The van der Waals surface area contributed by atoms with Crippen molar-refractivity contribution in [1.82, 2.24) is 9.78 Å². The van der Waals surface area contributed by atoms with Gasteiger partial charge in [0.1, 0.15) is 12.4 Å². The molecule has 5 nitrogen and oxygen atoms in total. The van der Waals surface area contributed by atoms with Crippen LogP contribution >= 0.6 is 0 Å². The van der Waals surface area contributed by atoms with Gasteiger partial charge in [0.05, 0.1) is 5.69 Å². The Morgan fingerprint density at radius 3 is 2.39 bits per heavy atom. The molecule has 28 heavy (non-hydrogen) atoms. The Labute approximate surface area is 162 Å². The van der Waals surface area contributed by atoms with E-state index in [1.54, 1.807) is 25.1 Å². The lowest BCUT2D eigenvalue weighted by Crippen LogP contribution is -2.29. The van der Waals surface area contributed by atoms with Crippen LogP contribution in [0.5, 0.6) is 0 Å². The molecule has 2 aromatic carbocycles. The lowest BCUT2D eigenvalue weighted by atomic mass is 9.99. The monoisotopic (exact) mass is 379 g/mol. The molecular weight excluding hydrogens is 357 g/mol. The molecule has 0 atom stereocenters. The molecule has 1 aromatic heterocycles. The number of carbonyl (C=O) groups is 1. The molecule has 0 saturated heterocycles. The van der Waals surface area contributed by atoms with E-state index >= 15 is 0 Å². The predicted octanol–water partition coefficient (Wildman–Crippen LogP) is 3.92. The summed E-state index contributed by atoms with van der Waals surface area (Å²) in [7, 11) is 0. The molecule has 0 spiro atoms. The van der Waals surface area contributed by atoms with E-state index in [2.05, 4.69) is 16.5 Å². The topological polar surface area (TPSA) is 64.0 Å². The van der Waals surface area contributed by atoms with Crippen LogP contribution in [0.3, 0.4) is 0 Å². The lowest BCUT2D eigenvalue weighted by molar-refractivity contribution is -0.117. The van der Waals surface area contributed by atoms with Crippen LogP contribution in [0.25, 0.3) is 11.3 Å². The second-order valence-electron chi connectivity index (χ2n) is 6.98. The van der Waals surface area contributed by atoms with Gasteiger partial charge in [0.2, 0.25) is 5.91 Å². The van der Waals surface area contributed by atoms with Gasteiger partial charge in [-0.25, -0.2) is 9.07 Å². The lowest BCUT2D eigenvalue weighted by Gasteiger charge is -2.12. The first-order valence-electron chi connectivity index (χ1n) is 8.97. The molecule has 0 aliphatic heterocycles. The van der Waals surface area contributed by atoms with Crippen molar-refractivity contribution in [1.29, 1.82) is 0 Å². The van der Waals surface area contributed by atoms with Crippen molar-refractivity contribution in [2.24, 2.45) is 0 Å². The number of aryl methyl sites for hydroxylation is 4. The summed E-state index contributed by atoms with van der Waals surface area (Å²) >= 11 is 0. The molecule has 0 bridgehead atoms. The SMILES string of the molecule is Cc1cc(C)c(-c2ccc(=O)n(CC(=O)Nc3ccc(C)c(F)c3)n2)cc1C. The molecule has 3 rings (SSSR count). The van der Waals surface area contributed by atoms with Crippen molar-refractivity contribution in [2.45, 2.75) is 34.2 Å². The molecule has 0 saturated carbocycles. The zero-order valence-electron chi connectivity index (χ0n) is 16.3. The minimum Gasteiger partial charge on any atom is -0.324 e. The zero-order chi connectivity index (χ0) is 20.4. The first-order valence-corrected chi connectivity index (χ1v) is 8.97. The molecule has 0 aliphatic rings. The van der Waals surface area contributed by atoms with Crippen molar-refractivity contribution >= 4 is 11.6 Å². The Bertz CT molecular complexity index is 1120. The Hall–Kier alpha value is -3.28. The summed E-state index contributed by atoms with van der Waals surface area (Å²) in [6, 6.07) is 11.6. The van der Waals surface area contributed by atoms with Gasteiger partial charge >= 0.3 is 0 Å². The van der Waals surface area contributed by atoms with Crippen LogP contribution in [0.4, 0.5) is 10.1 Å². The predicted molar refractivity (Wildman–Crippen MR) is 108 cm³/mol. The van der Waals surface area contributed by atoms with Gasteiger partial charge in [-0.3, -0.25) is 9.59 Å². The summed E-state index contributed by atoms with van der Waals surface area (Å²) in [6.45, 7) is 7.43. The van der Waals surface area contributed by atoms with Crippen LogP contribution in [0.15, 0.2) is 47.3 Å². The van der Waals surface area contributed by atoms with Crippen molar-refractivity contribution < 1.29 is 9.18 Å². The van der Waals surface area contributed by atoms with E-state index in [0.29, 0.717) is 16.9 Å². The molecule has 1 heterocycles. The number of rotatable bonds is 4. The number of nitrogens with zero attached hydrogens (tertiary/aromatic N) is 2. The van der Waals surface area contributed by atoms with Crippen molar-refractivity contribution in [2.75, 3.05) is 5.32 Å². The average molecular weight is 379 g/mol. The number of benzene rings is 2. The van der Waals surface area contributed by atoms with Gasteiger partial charge in [-0.15, -0.1) is 0 Å². The number of aromatic nitrogens is 2. The first kappa shape index (κ1) is 19.5. The minimum absolute atomic E-state index is 0.258. The molecule has 0 radical (unpaired) electrons. The van der Waals surface area contributed by atoms with Crippen molar-refractivity contribution in [3.05, 3.63) is 80.9 Å². The Morgan fingerprint density at radius 1 is 0.964 bits per heavy atom. The van der Waals surface area contributed by atoms with E-state index < -0.39 is 11.7 Å². The summed E-state index contributed by atoms with van der Waals surface area (Å²) < 4.78 is 14.8. The van der Waals surface area contributed by atoms with E-state index in [0.717, 1.165) is 21.4 Å². The van der Waals surface area contributed by atoms with Gasteiger partial charge in [-0.1, -0.05) is 12.1 Å². The maximum Gasteiger partial charge on any atom is 0.267 e. The molecule has 144 valence electrons. The normalized spacial score (nSPS) is 10.8. The highest BCUT2D eigenvalue weighted by Crippen LogP contribution is 2.24. The summed E-state index contributed by atoms with van der Waals surface area (Å²) in [5.74, 6) is -0.855.